The Kier molecular flexibility index (Phi) is 4.94. The molecular weight excluding hydrogens is 313 g/mol. The number of halogens is 2. The number of hydrogen-bond donors (Lipinski definition) is 1. The zero-order chi connectivity index (χ0) is 15.4. The monoisotopic (exact) mass is 325 g/mol. The molecule has 21 heavy (non-hydrogen) atoms. The topological polar surface area (TPSA) is 47.6 Å². The van der Waals surface area contributed by atoms with Crippen molar-refractivity contribution in [2.45, 2.75) is 0 Å². The zero-order valence-corrected chi connectivity index (χ0v) is 13.0. The summed E-state index contributed by atoms with van der Waals surface area (Å²) in [5, 5.41) is 3.43. The van der Waals surface area contributed by atoms with Crippen LogP contribution in [0.1, 0.15) is 10.4 Å². The van der Waals surface area contributed by atoms with Gasteiger partial charge >= 0.3 is 0 Å². The largest absolute Gasteiger partial charge is 0.493 e. The van der Waals surface area contributed by atoms with Crippen molar-refractivity contribution in [2.24, 2.45) is 0 Å². The highest BCUT2D eigenvalue weighted by atomic mass is 35.5. The molecule has 0 heterocycles. The number of carbonyl (C=O) groups is 1. The molecule has 1 amide bonds. The Bertz CT molecular complexity index is 654. The summed E-state index contributed by atoms with van der Waals surface area (Å²) in [6, 6.07) is 9.87. The Labute approximate surface area is 132 Å². The van der Waals surface area contributed by atoms with Gasteiger partial charge in [0.1, 0.15) is 0 Å². The molecule has 0 saturated heterocycles. The van der Waals surface area contributed by atoms with E-state index in [-0.39, 0.29) is 5.91 Å². The molecule has 4 nitrogen and oxygen atoms in total. The molecule has 1 N–H and O–H groups in total. The summed E-state index contributed by atoms with van der Waals surface area (Å²) >= 11 is 12.0. The van der Waals surface area contributed by atoms with E-state index in [0.29, 0.717) is 32.8 Å². The van der Waals surface area contributed by atoms with Crippen LogP contribution in [-0.2, 0) is 0 Å². The highest BCUT2D eigenvalue weighted by molar-refractivity contribution is 6.40. The normalized spacial score (nSPS) is 10.1. The van der Waals surface area contributed by atoms with Gasteiger partial charge in [-0.25, -0.2) is 0 Å². The van der Waals surface area contributed by atoms with E-state index >= 15 is 0 Å². The van der Waals surface area contributed by atoms with Gasteiger partial charge in [0, 0.05) is 5.56 Å². The SMILES string of the molecule is COc1ccc(C(=O)Nc2c(Cl)cccc2Cl)cc1OC. The van der Waals surface area contributed by atoms with Gasteiger partial charge in [-0.3, -0.25) is 4.79 Å². The van der Waals surface area contributed by atoms with Crippen molar-refractivity contribution in [1.82, 2.24) is 0 Å². The van der Waals surface area contributed by atoms with E-state index in [0.717, 1.165) is 0 Å². The number of para-hydroxylation sites is 1. The second kappa shape index (κ2) is 6.70. The number of rotatable bonds is 4. The van der Waals surface area contributed by atoms with Crippen LogP contribution < -0.4 is 14.8 Å². The minimum Gasteiger partial charge on any atom is -0.493 e. The Morgan fingerprint density at radius 3 is 2.19 bits per heavy atom. The predicted octanol–water partition coefficient (Wildman–Crippen LogP) is 4.26. The van der Waals surface area contributed by atoms with Gasteiger partial charge in [0.25, 0.3) is 5.91 Å². The van der Waals surface area contributed by atoms with Gasteiger partial charge in [-0.1, -0.05) is 29.3 Å². The fraction of sp³-hybridized carbons (Fsp3) is 0.133. The number of amides is 1. The molecule has 0 aliphatic rings. The van der Waals surface area contributed by atoms with Crippen molar-refractivity contribution in [3.63, 3.8) is 0 Å². The first-order valence-corrected chi connectivity index (χ1v) is 6.79. The van der Waals surface area contributed by atoms with Crippen molar-refractivity contribution in [3.8, 4) is 11.5 Å². The summed E-state index contributed by atoms with van der Waals surface area (Å²) in [7, 11) is 3.03. The number of benzene rings is 2. The second-order valence-electron chi connectivity index (χ2n) is 4.12. The third-order valence-electron chi connectivity index (χ3n) is 2.85. The third kappa shape index (κ3) is 3.40. The van der Waals surface area contributed by atoms with Crippen molar-refractivity contribution < 1.29 is 14.3 Å². The number of carbonyl (C=O) groups excluding carboxylic acids is 1. The van der Waals surface area contributed by atoms with Crippen LogP contribution in [0.3, 0.4) is 0 Å². The van der Waals surface area contributed by atoms with Crippen molar-refractivity contribution >= 4 is 34.8 Å². The standard InChI is InChI=1S/C15H13Cl2NO3/c1-20-12-7-6-9(8-13(12)21-2)15(19)18-14-10(16)4-3-5-11(14)17/h3-8H,1-2H3,(H,18,19). The number of methoxy groups -OCH3 is 2. The Morgan fingerprint density at radius 1 is 1.00 bits per heavy atom. The van der Waals surface area contributed by atoms with E-state index in [1.165, 1.54) is 14.2 Å². The molecule has 2 aromatic carbocycles. The summed E-state index contributed by atoms with van der Waals surface area (Å²) in [5.74, 6) is 0.672. The molecule has 0 atom stereocenters. The first-order valence-electron chi connectivity index (χ1n) is 6.04. The zero-order valence-electron chi connectivity index (χ0n) is 11.4. The lowest BCUT2D eigenvalue weighted by Gasteiger charge is -2.11. The highest BCUT2D eigenvalue weighted by Gasteiger charge is 2.14. The third-order valence-corrected chi connectivity index (χ3v) is 3.48. The van der Waals surface area contributed by atoms with Gasteiger partial charge in [-0.15, -0.1) is 0 Å². The van der Waals surface area contributed by atoms with Crippen LogP contribution in [0, 0.1) is 0 Å². The Morgan fingerprint density at radius 2 is 1.62 bits per heavy atom. The van der Waals surface area contributed by atoms with Gasteiger partial charge in [0.2, 0.25) is 0 Å². The number of hydrogen-bond acceptors (Lipinski definition) is 3. The minimum absolute atomic E-state index is 0.342. The Hall–Kier alpha value is -1.91. The summed E-state index contributed by atoms with van der Waals surface area (Å²) in [6.07, 6.45) is 0. The molecule has 110 valence electrons. The first kappa shape index (κ1) is 15.5. The van der Waals surface area contributed by atoms with Crippen LogP contribution in [0.4, 0.5) is 5.69 Å². The summed E-state index contributed by atoms with van der Waals surface area (Å²) in [6.45, 7) is 0. The quantitative estimate of drug-likeness (QED) is 0.913. The second-order valence-corrected chi connectivity index (χ2v) is 4.93. The van der Waals surface area contributed by atoms with Gasteiger partial charge in [-0.2, -0.15) is 0 Å². The van der Waals surface area contributed by atoms with E-state index in [9.17, 15) is 4.79 Å². The maximum atomic E-state index is 12.3. The van der Waals surface area contributed by atoms with Crippen LogP contribution in [-0.4, -0.2) is 20.1 Å². The molecule has 0 unspecified atom stereocenters. The summed E-state index contributed by atoms with van der Waals surface area (Å²) < 4.78 is 10.3. The molecule has 6 heteroatoms. The van der Waals surface area contributed by atoms with Gasteiger partial charge < -0.3 is 14.8 Å². The van der Waals surface area contributed by atoms with E-state index in [2.05, 4.69) is 5.32 Å². The smallest absolute Gasteiger partial charge is 0.255 e. The Balaban J connectivity index is 2.29. The average molecular weight is 326 g/mol. The van der Waals surface area contributed by atoms with Crippen LogP contribution in [0.2, 0.25) is 10.0 Å². The molecule has 2 rings (SSSR count). The average Bonchev–Trinajstić information content (AvgIpc) is 2.50. The molecule has 2 aromatic rings. The molecule has 0 radical (unpaired) electrons. The fourth-order valence-electron chi connectivity index (χ4n) is 1.78. The maximum absolute atomic E-state index is 12.3. The van der Waals surface area contributed by atoms with Crippen LogP contribution in [0.5, 0.6) is 11.5 Å². The van der Waals surface area contributed by atoms with E-state index in [4.69, 9.17) is 32.7 Å². The van der Waals surface area contributed by atoms with E-state index in [1.54, 1.807) is 36.4 Å². The van der Waals surface area contributed by atoms with Crippen molar-refractivity contribution in [2.75, 3.05) is 19.5 Å². The highest BCUT2D eigenvalue weighted by Crippen LogP contribution is 2.31. The van der Waals surface area contributed by atoms with E-state index in [1.807, 2.05) is 0 Å². The summed E-state index contributed by atoms with van der Waals surface area (Å²) in [4.78, 5) is 12.3. The van der Waals surface area contributed by atoms with Crippen LogP contribution in [0.15, 0.2) is 36.4 Å². The van der Waals surface area contributed by atoms with Gasteiger partial charge in [0.05, 0.1) is 30.0 Å². The number of anilines is 1. The van der Waals surface area contributed by atoms with Gasteiger partial charge in [-0.05, 0) is 30.3 Å². The predicted molar refractivity (Wildman–Crippen MR) is 84.0 cm³/mol. The minimum atomic E-state index is -0.342. The molecule has 0 aliphatic heterocycles. The molecule has 0 saturated carbocycles. The maximum Gasteiger partial charge on any atom is 0.255 e. The number of nitrogens with one attached hydrogen (secondary N) is 1. The molecular formula is C15H13Cl2NO3. The van der Waals surface area contributed by atoms with Crippen LogP contribution >= 0.6 is 23.2 Å². The lowest BCUT2D eigenvalue weighted by atomic mass is 10.2. The molecule has 0 spiro atoms. The molecule has 0 bridgehead atoms. The van der Waals surface area contributed by atoms with E-state index < -0.39 is 0 Å². The lowest BCUT2D eigenvalue weighted by molar-refractivity contribution is 0.102. The first-order chi connectivity index (χ1) is 10.1. The fourth-order valence-corrected chi connectivity index (χ4v) is 2.27. The lowest BCUT2D eigenvalue weighted by Crippen LogP contribution is -2.12. The molecule has 0 aliphatic carbocycles. The summed E-state index contributed by atoms with van der Waals surface area (Å²) in [5.41, 5.74) is 0.782. The van der Waals surface area contributed by atoms with Crippen LogP contribution in [0.25, 0.3) is 0 Å². The van der Waals surface area contributed by atoms with Crippen molar-refractivity contribution in [1.29, 1.82) is 0 Å². The van der Waals surface area contributed by atoms with Gasteiger partial charge in [0.15, 0.2) is 11.5 Å². The van der Waals surface area contributed by atoms with Crippen molar-refractivity contribution in [3.05, 3.63) is 52.0 Å². The molecule has 0 aromatic heterocycles. The molecule has 0 fully saturated rings. The number of ether oxygens (including phenoxy) is 2.